The average molecular weight is 571 g/mol. The van der Waals surface area contributed by atoms with Gasteiger partial charge < -0.3 is 31.2 Å². The van der Waals surface area contributed by atoms with Crippen molar-refractivity contribution in [3.05, 3.63) is 101 Å². The third-order valence-corrected chi connectivity index (χ3v) is 6.30. The Morgan fingerprint density at radius 1 is 1.21 bits per heavy atom. The number of carbonyl (C=O) groups excluding carboxylic acids is 1. The highest BCUT2D eigenvalue weighted by Crippen LogP contribution is 2.29. The summed E-state index contributed by atoms with van der Waals surface area (Å²) in [5.74, 6) is 6.95. The van der Waals surface area contributed by atoms with Gasteiger partial charge in [-0.25, -0.2) is 0 Å². The van der Waals surface area contributed by atoms with Crippen LogP contribution in [0.3, 0.4) is 0 Å². The van der Waals surface area contributed by atoms with Crippen LogP contribution in [0.4, 0.5) is 11.4 Å². The molecule has 2 aromatic rings. The molecule has 3 rings (SSSR count). The molecule has 224 valence electrons. The number of hydrogen-bond acceptors (Lipinski definition) is 6. The fourth-order valence-electron chi connectivity index (χ4n) is 4.33. The molecule has 0 bridgehead atoms. The van der Waals surface area contributed by atoms with E-state index in [0.717, 1.165) is 59.5 Å². The number of nitrogens with one attached hydrogen (secondary N) is 3. The molecule has 0 fully saturated rings. The lowest BCUT2D eigenvalue weighted by molar-refractivity contribution is -0.112. The molecule has 1 unspecified atom stereocenters. The summed E-state index contributed by atoms with van der Waals surface area (Å²) in [6.07, 6.45) is 10.8. The Morgan fingerprint density at radius 3 is 2.60 bits per heavy atom. The monoisotopic (exact) mass is 570 g/mol. The highest BCUT2D eigenvalue weighted by atomic mass is 16.5. The van der Waals surface area contributed by atoms with E-state index < -0.39 is 0 Å². The van der Waals surface area contributed by atoms with Crippen molar-refractivity contribution in [3.63, 3.8) is 0 Å². The molecule has 2 aromatic carbocycles. The summed E-state index contributed by atoms with van der Waals surface area (Å²) < 4.78 is 10.7. The van der Waals surface area contributed by atoms with Crippen LogP contribution in [0.2, 0.25) is 0 Å². The standard InChI is InChI=1S/C33H41N3O3.C2H5N/c1-6-9-13-28(30(8-3)35-24(4)11-7-2)29(33(37)36-27-18-15-26(16-19-27)22-38-5)14-10-12-25-17-20-32-31(21-25)34-23-39-32;1-2-3/h9,13-21,24,34-35H,6-8,11,22-23H2,1-5H3,(H,36,37);2H,1,3H2/b13-9+,29-14-,30-28-;. The number of carbonyl (C=O) groups is 1. The van der Waals surface area contributed by atoms with Gasteiger partial charge in [0.25, 0.3) is 5.91 Å². The van der Waals surface area contributed by atoms with Crippen molar-refractivity contribution in [2.24, 2.45) is 5.73 Å². The van der Waals surface area contributed by atoms with Gasteiger partial charge in [-0.3, -0.25) is 4.79 Å². The van der Waals surface area contributed by atoms with E-state index in [1.807, 2.05) is 48.5 Å². The molecule has 5 N–H and O–H groups in total. The van der Waals surface area contributed by atoms with Crippen molar-refractivity contribution >= 4 is 17.3 Å². The topological polar surface area (TPSA) is 97.6 Å². The Hall–Kier alpha value is -4.41. The molecule has 0 aromatic heterocycles. The van der Waals surface area contributed by atoms with Gasteiger partial charge in [0, 0.05) is 41.7 Å². The number of rotatable bonds is 12. The van der Waals surface area contributed by atoms with E-state index in [4.69, 9.17) is 9.47 Å². The fourth-order valence-corrected chi connectivity index (χ4v) is 4.33. The minimum Gasteiger partial charge on any atom is -0.471 e. The average Bonchev–Trinajstić information content (AvgIpc) is 3.45. The number of ether oxygens (including phenoxy) is 2. The number of nitrogens with two attached hydrogens (primary N) is 1. The third kappa shape index (κ3) is 10.9. The van der Waals surface area contributed by atoms with Crippen LogP contribution < -0.4 is 26.4 Å². The smallest absolute Gasteiger partial charge is 0.256 e. The zero-order chi connectivity index (χ0) is 30.7. The lowest BCUT2D eigenvalue weighted by atomic mass is 9.98. The number of fused-ring (bicyclic) bond motifs is 1. The summed E-state index contributed by atoms with van der Waals surface area (Å²) in [5, 5.41) is 9.91. The van der Waals surface area contributed by atoms with E-state index in [9.17, 15) is 4.79 Å². The molecule has 0 spiro atoms. The van der Waals surface area contributed by atoms with Crippen molar-refractivity contribution in [3.8, 4) is 17.6 Å². The Kier molecular flexibility index (Phi) is 15.2. The first kappa shape index (κ1) is 33.8. The molecule has 1 aliphatic heterocycles. The predicted molar refractivity (Wildman–Crippen MR) is 175 cm³/mol. The maximum Gasteiger partial charge on any atom is 0.256 e. The zero-order valence-corrected chi connectivity index (χ0v) is 25.7. The quantitative estimate of drug-likeness (QED) is 0.125. The first-order valence-electron chi connectivity index (χ1n) is 14.5. The number of allylic oxidation sites excluding steroid dienone is 4. The van der Waals surface area contributed by atoms with Crippen molar-refractivity contribution in [1.82, 2.24) is 5.32 Å². The minimum absolute atomic E-state index is 0.209. The fraction of sp³-hybridized carbons (Fsp3) is 0.343. The summed E-state index contributed by atoms with van der Waals surface area (Å²) in [7, 11) is 1.67. The molecular formula is C35H46N4O3. The predicted octanol–water partition coefficient (Wildman–Crippen LogP) is 7.01. The van der Waals surface area contributed by atoms with Gasteiger partial charge in [-0.1, -0.05) is 69.9 Å². The van der Waals surface area contributed by atoms with Crippen LogP contribution in [-0.2, 0) is 16.1 Å². The zero-order valence-electron chi connectivity index (χ0n) is 25.7. The molecular weight excluding hydrogens is 524 g/mol. The lowest BCUT2D eigenvalue weighted by Crippen LogP contribution is -2.27. The van der Waals surface area contributed by atoms with Gasteiger partial charge in [0.15, 0.2) is 6.73 Å². The molecule has 0 saturated heterocycles. The molecule has 1 atom stereocenters. The van der Waals surface area contributed by atoms with Gasteiger partial charge in [-0.2, -0.15) is 0 Å². The van der Waals surface area contributed by atoms with Crippen molar-refractivity contribution in [2.75, 3.05) is 24.5 Å². The molecule has 0 radical (unpaired) electrons. The number of anilines is 2. The SMILES string of the molecule is C=CN.CC/C=C/C(C(=C/C#Cc1ccc2c(c1)NCO2)/C(=O)Nc1ccc(COC)cc1)=C(\CC)NC(C)CCC. The molecule has 7 heteroatoms. The van der Waals surface area contributed by atoms with E-state index in [1.165, 1.54) is 6.20 Å². The Bertz CT molecular complexity index is 1310. The Balaban J connectivity index is 0.00000197. The van der Waals surface area contributed by atoms with Gasteiger partial charge in [-0.15, -0.1) is 0 Å². The molecule has 42 heavy (non-hydrogen) atoms. The van der Waals surface area contributed by atoms with Crippen LogP contribution in [-0.4, -0.2) is 25.8 Å². The van der Waals surface area contributed by atoms with Crippen LogP contribution in [0.25, 0.3) is 0 Å². The Morgan fingerprint density at radius 2 is 1.95 bits per heavy atom. The summed E-state index contributed by atoms with van der Waals surface area (Å²) in [6, 6.07) is 13.8. The van der Waals surface area contributed by atoms with Crippen molar-refractivity contribution in [1.29, 1.82) is 0 Å². The molecule has 1 aliphatic rings. The summed E-state index contributed by atoms with van der Waals surface area (Å²) in [4.78, 5) is 13.8. The van der Waals surface area contributed by atoms with Crippen LogP contribution in [0.1, 0.15) is 64.5 Å². The Labute approximate surface area is 252 Å². The number of hydrogen-bond donors (Lipinski definition) is 4. The largest absolute Gasteiger partial charge is 0.471 e. The van der Waals surface area contributed by atoms with E-state index in [1.54, 1.807) is 13.2 Å². The lowest BCUT2D eigenvalue weighted by Gasteiger charge is -2.21. The molecule has 1 heterocycles. The highest BCUT2D eigenvalue weighted by molar-refractivity contribution is 6.08. The first-order valence-corrected chi connectivity index (χ1v) is 14.5. The maximum atomic E-state index is 13.8. The molecule has 0 aliphatic carbocycles. The van der Waals surface area contributed by atoms with Gasteiger partial charge in [-0.05, 0) is 68.3 Å². The van der Waals surface area contributed by atoms with Crippen molar-refractivity contribution < 1.29 is 14.3 Å². The molecule has 7 nitrogen and oxygen atoms in total. The third-order valence-electron chi connectivity index (χ3n) is 6.30. The van der Waals surface area contributed by atoms with Crippen LogP contribution in [0.15, 0.2) is 90.3 Å². The van der Waals surface area contributed by atoms with Gasteiger partial charge >= 0.3 is 0 Å². The minimum atomic E-state index is -0.209. The molecule has 0 saturated carbocycles. The number of methoxy groups -OCH3 is 1. The van der Waals surface area contributed by atoms with Crippen molar-refractivity contribution in [2.45, 2.75) is 66.0 Å². The van der Waals surface area contributed by atoms with Gasteiger partial charge in [0.05, 0.1) is 17.9 Å². The second kappa shape index (κ2) is 18.8. The summed E-state index contributed by atoms with van der Waals surface area (Å²) in [6.45, 7) is 12.7. The second-order valence-corrected chi connectivity index (χ2v) is 9.71. The number of amides is 1. The van der Waals surface area contributed by atoms with Crippen LogP contribution in [0, 0.1) is 11.8 Å². The normalized spacial score (nSPS) is 13.2. The van der Waals surface area contributed by atoms with Crippen LogP contribution in [0.5, 0.6) is 5.75 Å². The molecule has 1 amide bonds. The maximum absolute atomic E-state index is 13.8. The van der Waals surface area contributed by atoms with E-state index in [0.29, 0.717) is 30.6 Å². The summed E-state index contributed by atoms with van der Waals surface area (Å²) in [5.41, 5.74) is 10.5. The van der Waals surface area contributed by atoms with Crippen LogP contribution >= 0.6 is 0 Å². The van der Waals surface area contributed by atoms with Gasteiger partial charge in [0.1, 0.15) is 5.75 Å². The van der Waals surface area contributed by atoms with Gasteiger partial charge in [0.2, 0.25) is 0 Å². The van der Waals surface area contributed by atoms with E-state index in [2.05, 4.69) is 73.9 Å². The first-order chi connectivity index (χ1) is 20.4. The second-order valence-electron chi connectivity index (χ2n) is 9.71. The highest BCUT2D eigenvalue weighted by Gasteiger charge is 2.18. The van der Waals surface area contributed by atoms with E-state index >= 15 is 0 Å². The number of benzene rings is 2. The summed E-state index contributed by atoms with van der Waals surface area (Å²) >= 11 is 0. The van der Waals surface area contributed by atoms with E-state index in [-0.39, 0.29) is 5.91 Å².